The molecule has 3 rings (SSSR count). The van der Waals surface area contributed by atoms with Gasteiger partial charge in [0.2, 0.25) is 0 Å². The number of thioether (sulfide) groups is 1. The van der Waals surface area contributed by atoms with Crippen LogP contribution in [0.5, 0.6) is 0 Å². The molecule has 0 aliphatic carbocycles. The highest BCUT2D eigenvalue weighted by atomic mass is 35.5. The first-order valence-electron chi connectivity index (χ1n) is 9.71. The maximum atomic E-state index is 12.0. The summed E-state index contributed by atoms with van der Waals surface area (Å²) in [6.07, 6.45) is 5.85. The van der Waals surface area contributed by atoms with E-state index in [1.807, 2.05) is 43.5 Å². The summed E-state index contributed by atoms with van der Waals surface area (Å²) < 4.78 is 1.94. The molecule has 0 aliphatic rings. The topological polar surface area (TPSA) is 34.9 Å². The van der Waals surface area contributed by atoms with E-state index in [0.717, 1.165) is 22.4 Å². The summed E-state index contributed by atoms with van der Waals surface area (Å²) >= 11 is 8.16. The van der Waals surface area contributed by atoms with Crippen molar-refractivity contribution in [3.05, 3.63) is 82.9 Å². The van der Waals surface area contributed by atoms with Crippen LogP contribution in [0.1, 0.15) is 44.0 Å². The second-order valence-corrected chi connectivity index (χ2v) is 8.48. The molecule has 0 aliphatic heterocycles. The van der Waals surface area contributed by atoms with Gasteiger partial charge in [-0.1, -0.05) is 41.9 Å². The van der Waals surface area contributed by atoms with E-state index < -0.39 is 0 Å². The van der Waals surface area contributed by atoms with E-state index in [-0.39, 0.29) is 5.78 Å². The van der Waals surface area contributed by atoms with Crippen molar-refractivity contribution in [2.75, 3.05) is 6.26 Å². The molecule has 0 saturated heterocycles. The first kappa shape index (κ1) is 22.1. The highest BCUT2D eigenvalue weighted by molar-refractivity contribution is 7.98. The predicted octanol–water partition coefficient (Wildman–Crippen LogP) is 7.40. The van der Waals surface area contributed by atoms with Gasteiger partial charge in [-0.3, -0.25) is 9.36 Å². The van der Waals surface area contributed by atoms with Crippen LogP contribution in [0, 0.1) is 0 Å². The highest BCUT2D eigenvalue weighted by Gasteiger charge is 2.19. The minimum atomic E-state index is -0.0785. The molecule has 0 fully saturated rings. The molecule has 0 saturated carbocycles. The van der Waals surface area contributed by atoms with Gasteiger partial charge < -0.3 is 0 Å². The summed E-state index contributed by atoms with van der Waals surface area (Å²) in [6, 6.07) is 16.7. The van der Waals surface area contributed by atoms with Crippen LogP contribution in [0.2, 0.25) is 0 Å². The molecule has 1 aromatic heterocycles. The van der Waals surface area contributed by atoms with Gasteiger partial charge in [0.25, 0.3) is 0 Å². The van der Waals surface area contributed by atoms with E-state index in [9.17, 15) is 4.79 Å². The summed E-state index contributed by atoms with van der Waals surface area (Å²) in [5.74, 6) is 0.589. The third-order valence-corrected chi connectivity index (χ3v) is 5.92. The number of carbonyl (C=O) groups excluding carboxylic acids is 1. The number of benzene rings is 2. The van der Waals surface area contributed by atoms with Gasteiger partial charge in [0, 0.05) is 34.3 Å². The van der Waals surface area contributed by atoms with Crippen LogP contribution < -0.4 is 0 Å². The number of Topliss-reactive ketones (excluding diaryl/α,β-unsaturated/α-hetero) is 1. The normalized spacial score (nSPS) is 12.7. The average molecular weight is 437 g/mol. The fourth-order valence-electron chi connectivity index (χ4n) is 3.29. The summed E-state index contributed by atoms with van der Waals surface area (Å²) in [6.45, 7) is 7.33. The van der Waals surface area contributed by atoms with Gasteiger partial charge in [-0.15, -0.1) is 11.8 Å². The molecule has 3 aromatic rings. The van der Waals surface area contributed by atoms with Crippen molar-refractivity contribution in [3.8, 4) is 16.8 Å². The number of hydrogen-bond donors (Lipinski definition) is 0. The van der Waals surface area contributed by atoms with Crippen LogP contribution in [-0.4, -0.2) is 21.6 Å². The molecule has 0 radical (unpaired) electrons. The molecule has 0 bridgehead atoms. The number of carbonyl (C=O) groups is 1. The molecule has 0 unspecified atom stereocenters. The fourth-order valence-corrected chi connectivity index (χ4v) is 3.98. The van der Waals surface area contributed by atoms with Crippen molar-refractivity contribution >= 4 is 34.7 Å². The third kappa shape index (κ3) is 4.61. The number of ketones is 1. The number of rotatable bonds is 6. The lowest BCUT2D eigenvalue weighted by atomic mass is 10.0. The SMILES string of the molecule is C/C=C(C)\C(=C(/C)Cl)c1nc(C(C)=O)cn1-c1ccc(-c2cccc(SC)c2)cc1. The van der Waals surface area contributed by atoms with Crippen LogP contribution in [0.15, 0.2) is 76.3 Å². The molecule has 154 valence electrons. The molecule has 3 nitrogen and oxygen atoms in total. The van der Waals surface area contributed by atoms with Crippen LogP contribution in [0.3, 0.4) is 0 Å². The Bertz CT molecular complexity index is 1140. The van der Waals surface area contributed by atoms with Crippen molar-refractivity contribution in [1.82, 2.24) is 9.55 Å². The van der Waals surface area contributed by atoms with Crippen molar-refractivity contribution in [1.29, 1.82) is 0 Å². The summed E-state index contributed by atoms with van der Waals surface area (Å²) in [7, 11) is 0. The second-order valence-electron chi connectivity index (χ2n) is 7.03. The van der Waals surface area contributed by atoms with Crippen LogP contribution in [-0.2, 0) is 0 Å². The minimum absolute atomic E-state index is 0.0785. The van der Waals surface area contributed by atoms with E-state index in [1.165, 1.54) is 17.4 Å². The number of halogens is 1. The van der Waals surface area contributed by atoms with E-state index in [4.69, 9.17) is 11.6 Å². The van der Waals surface area contributed by atoms with Gasteiger partial charge in [0.15, 0.2) is 5.78 Å². The van der Waals surface area contributed by atoms with Gasteiger partial charge >= 0.3 is 0 Å². The number of imidazole rings is 1. The van der Waals surface area contributed by atoms with Crippen molar-refractivity contribution < 1.29 is 4.79 Å². The average Bonchev–Trinajstić information content (AvgIpc) is 3.18. The quantitative estimate of drug-likeness (QED) is 0.229. The Morgan fingerprint density at radius 1 is 1.07 bits per heavy atom. The van der Waals surface area contributed by atoms with E-state index in [1.54, 1.807) is 18.0 Å². The zero-order valence-electron chi connectivity index (χ0n) is 17.9. The lowest BCUT2D eigenvalue weighted by Crippen LogP contribution is -2.02. The number of aromatic nitrogens is 2. The molecule has 30 heavy (non-hydrogen) atoms. The Hall–Kier alpha value is -2.56. The predicted molar refractivity (Wildman–Crippen MR) is 129 cm³/mol. The monoisotopic (exact) mass is 436 g/mol. The lowest BCUT2D eigenvalue weighted by Gasteiger charge is -2.13. The molecular weight excluding hydrogens is 412 g/mol. The van der Waals surface area contributed by atoms with Gasteiger partial charge in [-0.2, -0.15) is 0 Å². The number of hydrogen-bond acceptors (Lipinski definition) is 3. The first-order valence-corrected chi connectivity index (χ1v) is 11.3. The Morgan fingerprint density at radius 3 is 2.33 bits per heavy atom. The maximum Gasteiger partial charge on any atom is 0.179 e. The molecule has 0 atom stereocenters. The lowest BCUT2D eigenvalue weighted by molar-refractivity contribution is 0.101. The van der Waals surface area contributed by atoms with E-state index in [2.05, 4.69) is 47.6 Å². The van der Waals surface area contributed by atoms with Gasteiger partial charge in [0.1, 0.15) is 11.5 Å². The smallest absolute Gasteiger partial charge is 0.179 e. The first-order chi connectivity index (χ1) is 14.3. The standard InChI is InChI=1S/C25H25ClN2OS/c1-6-16(2)24(17(3)26)25-27-23(18(4)29)15-28(25)21-12-10-19(11-13-21)20-8-7-9-22(14-20)30-5/h6-15H,1-5H3/b16-6-,24-17-. The minimum Gasteiger partial charge on any atom is -0.299 e. The van der Waals surface area contributed by atoms with E-state index in [0.29, 0.717) is 16.6 Å². The molecule has 5 heteroatoms. The zero-order chi connectivity index (χ0) is 21.8. The number of nitrogens with zero attached hydrogens (tertiary/aromatic N) is 2. The fraction of sp³-hybridized carbons (Fsp3) is 0.200. The molecule has 1 heterocycles. The zero-order valence-corrected chi connectivity index (χ0v) is 19.4. The Kier molecular flexibility index (Phi) is 7.01. The van der Waals surface area contributed by atoms with Gasteiger partial charge in [-0.25, -0.2) is 4.98 Å². The van der Waals surface area contributed by atoms with Crippen LogP contribution in [0.4, 0.5) is 0 Å². The Balaban J connectivity index is 2.11. The second kappa shape index (κ2) is 9.50. The molecule has 0 spiro atoms. The van der Waals surface area contributed by atoms with Crippen LogP contribution in [0.25, 0.3) is 22.4 Å². The molecule has 0 N–H and O–H groups in total. The summed E-state index contributed by atoms with van der Waals surface area (Å²) in [4.78, 5) is 17.9. The molecule has 0 amide bonds. The highest BCUT2D eigenvalue weighted by Crippen LogP contribution is 2.31. The van der Waals surface area contributed by atoms with Crippen molar-refractivity contribution in [2.24, 2.45) is 0 Å². The van der Waals surface area contributed by atoms with Gasteiger partial charge in [-0.05, 0) is 68.0 Å². The Morgan fingerprint density at radius 2 is 1.77 bits per heavy atom. The van der Waals surface area contributed by atoms with E-state index >= 15 is 0 Å². The number of allylic oxidation sites excluding steroid dienone is 4. The maximum absolute atomic E-state index is 12.0. The summed E-state index contributed by atoms with van der Waals surface area (Å²) in [5.41, 5.74) is 5.50. The molecular formula is C25H25ClN2OS. The van der Waals surface area contributed by atoms with Crippen molar-refractivity contribution in [2.45, 2.75) is 32.6 Å². The summed E-state index contributed by atoms with van der Waals surface area (Å²) in [5, 5.41) is 0.637. The van der Waals surface area contributed by atoms with Crippen LogP contribution >= 0.6 is 23.4 Å². The third-order valence-electron chi connectivity index (χ3n) is 5.01. The van der Waals surface area contributed by atoms with Gasteiger partial charge in [0.05, 0.1) is 0 Å². The largest absolute Gasteiger partial charge is 0.299 e. The van der Waals surface area contributed by atoms with Crippen molar-refractivity contribution in [3.63, 3.8) is 0 Å². The molecule has 2 aromatic carbocycles. The Labute approximate surface area is 187 Å².